The summed E-state index contributed by atoms with van der Waals surface area (Å²) in [6, 6.07) is 7.21. The molecule has 0 spiro atoms. The molecule has 0 heterocycles. The summed E-state index contributed by atoms with van der Waals surface area (Å²) in [5, 5.41) is 9.34. The average molecular weight is 253 g/mol. The molecule has 0 aliphatic carbocycles. The monoisotopic (exact) mass is 253 g/mol. The van der Waals surface area contributed by atoms with E-state index < -0.39 is 12.0 Å². The minimum atomic E-state index is -0.786. The summed E-state index contributed by atoms with van der Waals surface area (Å²) < 4.78 is 0. The molecule has 3 nitrogen and oxygen atoms in total. The van der Waals surface area contributed by atoms with Crippen LogP contribution in [0, 0.1) is 0 Å². The van der Waals surface area contributed by atoms with Crippen molar-refractivity contribution in [2.75, 3.05) is 19.3 Å². The average Bonchev–Trinajstić information content (AvgIpc) is 2.35. The lowest BCUT2D eigenvalue weighted by Crippen LogP contribution is -2.33. The zero-order valence-corrected chi connectivity index (χ0v) is 11.3. The molecule has 0 bridgehead atoms. The molecule has 0 saturated carbocycles. The molecule has 17 heavy (non-hydrogen) atoms. The molecule has 0 radical (unpaired) electrons. The Morgan fingerprint density at radius 3 is 2.18 bits per heavy atom. The largest absolute Gasteiger partial charge is 0.480 e. The molecule has 0 aromatic heterocycles. The van der Waals surface area contributed by atoms with Crippen molar-refractivity contribution >= 4 is 17.7 Å². The predicted molar refractivity (Wildman–Crippen MR) is 71.5 cm³/mol. The van der Waals surface area contributed by atoms with Crippen LogP contribution in [0.25, 0.3) is 0 Å². The van der Waals surface area contributed by atoms with E-state index in [0.717, 1.165) is 23.5 Å². The third-order valence-corrected chi connectivity index (χ3v) is 3.59. The molecule has 4 heteroatoms. The van der Waals surface area contributed by atoms with Crippen LogP contribution in [0.3, 0.4) is 0 Å². The topological polar surface area (TPSA) is 40.5 Å². The number of carboxylic acid groups (broad SMARTS) is 1. The van der Waals surface area contributed by atoms with Crippen LogP contribution in [0.2, 0.25) is 0 Å². The Kier molecular flexibility index (Phi) is 5.51. The quantitative estimate of drug-likeness (QED) is 0.791. The van der Waals surface area contributed by atoms with Gasteiger partial charge in [0.15, 0.2) is 0 Å². The molecule has 0 aliphatic rings. The van der Waals surface area contributed by atoms with Crippen LogP contribution in [-0.2, 0) is 4.79 Å². The first-order valence-electron chi connectivity index (χ1n) is 5.74. The van der Waals surface area contributed by atoms with Crippen molar-refractivity contribution in [3.05, 3.63) is 29.8 Å². The fourth-order valence-corrected chi connectivity index (χ4v) is 2.29. The van der Waals surface area contributed by atoms with Gasteiger partial charge in [-0.25, -0.2) is 0 Å². The third-order valence-electron chi connectivity index (χ3n) is 2.84. The lowest BCUT2D eigenvalue weighted by Gasteiger charge is -2.26. The van der Waals surface area contributed by atoms with E-state index in [9.17, 15) is 9.90 Å². The normalized spacial score (nSPS) is 12.7. The summed E-state index contributed by atoms with van der Waals surface area (Å²) in [4.78, 5) is 14.5. The van der Waals surface area contributed by atoms with Gasteiger partial charge in [-0.2, -0.15) is 0 Å². The van der Waals surface area contributed by atoms with Crippen molar-refractivity contribution in [1.82, 2.24) is 4.90 Å². The number of hydrogen-bond acceptors (Lipinski definition) is 3. The summed E-state index contributed by atoms with van der Waals surface area (Å²) in [7, 11) is 0. The summed E-state index contributed by atoms with van der Waals surface area (Å²) in [5.74, 6) is -0.786. The van der Waals surface area contributed by atoms with Crippen molar-refractivity contribution in [2.45, 2.75) is 24.8 Å². The van der Waals surface area contributed by atoms with Gasteiger partial charge < -0.3 is 5.11 Å². The molecular weight excluding hydrogens is 234 g/mol. The van der Waals surface area contributed by atoms with E-state index in [1.165, 1.54) is 0 Å². The molecule has 1 aromatic carbocycles. The minimum Gasteiger partial charge on any atom is -0.480 e. The van der Waals surface area contributed by atoms with Crippen LogP contribution < -0.4 is 0 Å². The Labute approximate surface area is 107 Å². The van der Waals surface area contributed by atoms with Crippen molar-refractivity contribution < 1.29 is 9.90 Å². The summed E-state index contributed by atoms with van der Waals surface area (Å²) in [6.45, 7) is 5.43. The Balaban J connectivity index is 3.00. The minimum absolute atomic E-state index is 0.541. The Morgan fingerprint density at radius 2 is 1.82 bits per heavy atom. The van der Waals surface area contributed by atoms with Gasteiger partial charge in [-0.15, -0.1) is 11.8 Å². The first kappa shape index (κ1) is 14.1. The second-order valence-electron chi connectivity index (χ2n) is 3.74. The van der Waals surface area contributed by atoms with Gasteiger partial charge in [0, 0.05) is 4.90 Å². The molecule has 1 N–H and O–H groups in total. The highest BCUT2D eigenvalue weighted by Crippen LogP contribution is 2.23. The number of rotatable bonds is 6. The van der Waals surface area contributed by atoms with Gasteiger partial charge in [-0.3, -0.25) is 9.69 Å². The molecular formula is C13H19NO2S. The van der Waals surface area contributed by atoms with Crippen molar-refractivity contribution in [3.8, 4) is 0 Å². The van der Waals surface area contributed by atoms with Crippen molar-refractivity contribution in [3.63, 3.8) is 0 Å². The van der Waals surface area contributed by atoms with Crippen LogP contribution in [0.4, 0.5) is 0 Å². The van der Waals surface area contributed by atoms with Crippen LogP contribution in [0.15, 0.2) is 29.2 Å². The highest BCUT2D eigenvalue weighted by molar-refractivity contribution is 7.98. The standard InChI is InChI=1S/C13H19NO2S/c1-4-14(5-2)12(13(15)16)10-6-8-11(17-3)9-7-10/h6-9,12H,4-5H2,1-3H3,(H,15,16). The summed E-state index contributed by atoms with van der Waals surface area (Å²) in [5.41, 5.74) is 0.846. The van der Waals surface area contributed by atoms with E-state index in [4.69, 9.17) is 0 Å². The first-order valence-corrected chi connectivity index (χ1v) is 6.97. The number of hydrogen-bond donors (Lipinski definition) is 1. The fraction of sp³-hybridized carbons (Fsp3) is 0.462. The molecule has 1 rings (SSSR count). The Morgan fingerprint density at radius 1 is 1.29 bits per heavy atom. The number of carbonyl (C=O) groups is 1. The second-order valence-corrected chi connectivity index (χ2v) is 4.61. The van der Waals surface area contributed by atoms with Crippen molar-refractivity contribution in [1.29, 1.82) is 0 Å². The highest BCUT2D eigenvalue weighted by atomic mass is 32.2. The smallest absolute Gasteiger partial charge is 0.325 e. The molecule has 0 aliphatic heterocycles. The second kappa shape index (κ2) is 6.67. The maximum atomic E-state index is 11.4. The van der Waals surface area contributed by atoms with Gasteiger partial charge in [0.25, 0.3) is 0 Å². The molecule has 0 saturated heterocycles. The van der Waals surface area contributed by atoms with Crippen LogP contribution in [0.5, 0.6) is 0 Å². The number of benzene rings is 1. The number of aliphatic carboxylic acids is 1. The number of nitrogens with zero attached hydrogens (tertiary/aromatic N) is 1. The van der Waals surface area contributed by atoms with Crippen LogP contribution >= 0.6 is 11.8 Å². The molecule has 0 fully saturated rings. The van der Waals surface area contributed by atoms with Crippen molar-refractivity contribution in [2.24, 2.45) is 0 Å². The lowest BCUT2D eigenvalue weighted by molar-refractivity contribution is -0.143. The first-order chi connectivity index (χ1) is 8.13. The molecule has 1 unspecified atom stereocenters. The van der Waals surface area contributed by atoms with Gasteiger partial charge in [-0.1, -0.05) is 26.0 Å². The van der Waals surface area contributed by atoms with E-state index >= 15 is 0 Å². The zero-order chi connectivity index (χ0) is 12.8. The summed E-state index contributed by atoms with van der Waals surface area (Å²) in [6.07, 6.45) is 2.01. The summed E-state index contributed by atoms with van der Waals surface area (Å²) >= 11 is 1.66. The lowest BCUT2D eigenvalue weighted by atomic mass is 10.1. The molecule has 0 amide bonds. The van der Waals surface area contributed by atoms with Crippen LogP contribution in [0.1, 0.15) is 25.5 Å². The Hall–Kier alpha value is -1.00. The van der Waals surface area contributed by atoms with E-state index in [-0.39, 0.29) is 0 Å². The SMILES string of the molecule is CCN(CC)C(C(=O)O)c1ccc(SC)cc1. The molecule has 1 aromatic rings. The number of thioether (sulfide) groups is 1. The van der Waals surface area contributed by atoms with Gasteiger partial charge in [0.2, 0.25) is 0 Å². The number of likely N-dealkylation sites (N-methyl/N-ethyl adjacent to an activating group) is 1. The third kappa shape index (κ3) is 3.48. The van der Waals surface area contributed by atoms with E-state index in [1.807, 2.05) is 49.3 Å². The van der Waals surface area contributed by atoms with Gasteiger partial charge in [0.1, 0.15) is 6.04 Å². The molecule has 94 valence electrons. The van der Waals surface area contributed by atoms with E-state index in [1.54, 1.807) is 11.8 Å². The highest BCUT2D eigenvalue weighted by Gasteiger charge is 2.24. The maximum Gasteiger partial charge on any atom is 0.325 e. The van der Waals surface area contributed by atoms with Gasteiger partial charge in [0.05, 0.1) is 0 Å². The molecule has 1 atom stereocenters. The van der Waals surface area contributed by atoms with Gasteiger partial charge in [-0.05, 0) is 37.0 Å². The van der Waals surface area contributed by atoms with Gasteiger partial charge >= 0.3 is 5.97 Å². The fourth-order valence-electron chi connectivity index (χ4n) is 1.88. The van der Waals surface area contributed by atoms with E-state index in [0.29, 0.717) is 0 Å². The predicted octanol–water partition coefficient (Wildman–Crippen LogP) is 2.88. The number of carboxylic acids is 1. The maximum absolute atomic E-state index is 11.4. The van der Waals surface area contributed by atoms with Crippen LogP contribution in [-0.4, -0.2) is 35.3 Å². The zero-order valence-electron chi connectivity index (χ0n) is 10.5. The van der Waals surface area contributed by atoms with E-state index in [2.05, 4.69) is 0 Å². The Bertz CT molecular complexity index is 360.